The van der Waals surface area contributed by atoms with E-state index in [2.05, 4.69) is 39.9 Å². The molecule has 0 radical (unpaired) electrons. The molecule has 0 amide bonds. The number of fused-ring (bicyclic) bond motifs is 1. The Labute approximate surface area is 94.3 Å². The van der Waals surface area contributed by atoms with Crippen molar-refractivity contribution < 1.29 is 0 Å². The van der Waals surface area contributed by atoms with E-state index in [4.69, 9.17) is 0 Å². The molecule has 1 aliphatic rings. The fraction of sp³-hybridized carbons (Fsp3) is 0.333. The van der Waals surface area contributed by atoms with Crippen LogP contribution in [0.5, 0.6) is 0 Å². The monoisotopic (exact) mass is 214 g/mol. The van der Waals surface area contributed by atoms with Crippen LogP contribution >= 0.6 is 0 Å². The lowest BCUT2D eigenvalue weighted by molar-refractivity contribution is 0.555. The molecule has 1 aliphatic heterocycles. The van der Waals surface area contributed by atoms with Crippen molar-refractivity contribution in [1.82, 2.24) is 20.3 Å². The van der Waals surface area contributed by atoms with Gasteiger partial charge in [0.1, 0.15) is 0 Å². The zero-order chi connectivity index (χ0) is 11.0. The van der Waals surface area contributed by atoms with Gasteiger partial charge in [0.25, 0.3) is 0 Å². The first kappa shape index (κ1) is 9.54. The molecule has 0 bridgehead atoms. The van der Waals surface area contributed by atoms with E-state index >= 15 is 0 Å². The molecule has 0 fully saturated rings. The van der Waals surface area contributed by atoms with Crippen LogP contribution in [-0.4, -0.2) is 21.5 Å². The summed E-state index contributed by atoms with van der Waals surface area (Å²) in [6, 6.07) is 8.57. The highest BCUT2D eigenvalue weighted by molar-refractivity contribution is 5.37. The van der Waals surface area contributed by atoms with Crippen LogP contribution in [-0.2, 0) is 13.6 Å². The van der Waals surface area contributed by atoms with Gasteiger partial charge in [-0.1, -0.05) is 29.5 Å². The summed E-state index contributed by atoms with van der Waals surface area (Å²) in [4.78, 5) is 0. The molecule has 2 heterocycles. The Balaban J connectivity index is 2.08. The van der Waals surface area contributed by atoms with E-state index in [1.165, 1.54) is 16.8 Å². The highest BCUT2D eigenvalue weighted by Gasteiger charge is 2.23. The lowest BCUT2D eigenvalue weighted by atomic mass is 9.89. The molecule has 4 nitrogen and oxygen atoms in total. The van der Waals surface area contributed by atoms with Gasteiger partial charge in [-0.2, -0.15) is 0 Å². The molecule has 1 aromatic carbocycles. The molecule has 2 aromatic rings. The Morgan fingerprint density at radius 2 is 2.25 bits per heavy atom. The van der Waals surface area contributed by atoms with Crippen molar-refractivity contribution in [3.63, 3.8) is 0 Å². The zero-order valence-electron chi connectivity index (χ0n) is 9.22. The summed E-state index contributed by atoms with van der Waals surface area (Å²) >= 11 is 0. The summed E-state index contributed by atoms with van der Waals surface area (Å²) in [5.41, 5.74) is 3.94. The van der Waals surface area contributed by atoms with Crippen LogP contribution in [0, 0.1) is 0 Å². The quantitative estimate of drug-likeness (QED) is 0.771. The maximum absolute atomic E-state index is 4.00. The van der Waals surface area contributed by atoms with Gasteiger partial charge in [0.15, 0.2) is 0 Å². The fourth-order valence-corrected chi connectivity index (χ4v) is 2.37. The Kier molecular flexibility index (Phi) is 2.22. The summed E-state index contributed by atoms with van der Waals surface area (Å²) < 4.78 is 1.86. The first-order chi connectivity index (χ1) is 7.86. The van der Waals surface area contributed by atoms with Crippen molar-refractivity contribution in [2.75, 3.05) is 6.54 Å². The maximum atomic E-state index is 4.00. The van der Waals surface area contributed by atoms with Crippen LogP contribution in [0.2, 0.25) is 0 Å². The van der Waals surface area contributed by atoms with Gasteiger partial charge >= 0.3 is 0 Å². The van der Waals surface area contributed by atoms with Gasteiger partial charge in [-0.3, -0.25) is 4.68 Å². The van der Waals surface area contributed by atoms with Crippen LogP contribution in [0.1, 0.15) is 22.7 Å². The smallest absolute Gasteiger partial charge is 0.0731 e. The topological polar surface area (TPSA) is 42.7 Å². The van der Waals surface area contributed by atoms with Gasteiger partial charge in [0.05, 0.1) is 11.9 Å². The van der Waals surface area contributed by atoms with Crippen LogP contribution in [0.25, 0.3) is 0 Å². The van der Waals surface area contributed by atoms with Crippen molar-refractivity contribution in [2.24, 2.45) is 7.05 Å². The Morgan fingerprint density at radius 1 is 1.38 bits per heavy atom. The van der Waals surface area contributed by atoms with Gasteiger partial charge in [-0.25, -0.2) is 0 Å². The molecular formula is C12H14N4. The largest absolute Gasteiger partial charge is 0.312 e. The summed E-state index contributed by atoms with van der Waals surface area (Å²) in [5.74, 6) is 0.366. The molecule has 82 valence electrons. The first-order valence-corrected chi connectivity index (χ1v) is 5.49. The van der Waals surface area contributed by atoms with E-state index in [1.807, 2.05) is 17.9 Å². The second-order valence-corrected chi connectivity index (χ2v) is 4.16. The normalized spacial score (nSPS) is 19.4. The summed E-state index contributed by atoms with van der Waals surface area (Å²) in [6.45, 7) is 1.91. The Morgan fingerprint density at radius 3 is 3.06 bits per heavy atom. The van der Waals surface area contributed by atoms with Gasteiger partial charge < -0.3 is 5.32 Å². The number of nitrogens with one attached hydrogen (secondary N) is 1. The third-order valence-electron chi connectivity index (χ3n) is 3.20. The second kappa shape index (κ2) is 3.72. The molecule has 3 rings (SSSR count). The lowest BCUT2D eigenvalue weighted by Gasteiger charge is -2.25. The average molecular weight is 214 g/mol. The molecule has 1 atom stereocenters. The number of benzene rings is 1. The van der Waals surface area contributed by atoms with E-state index in [0.717, 1.165) is 13.1 Å². The summed E-state index contributed by atoms with van der Waals surface area (Å²) in [6.07, 6.45) is 1.86. The fourth-order valence-electron chi connectivity index (χ4n) is 2.37. The third kappa shape index (κ3) is 1.42. The second-order valence-electron chi connectivity index (χ2n) is 4.16. The molecule has 1 N–H and O–H groups in total. The molecule has 4 heteroatoms. The predicted octanol–water partition coefficient (Wildman–Crippen LogP) is 1.05. The molecule has 0 aliphatic carbocycles. The number of hydrogen-bond acceptors (Lipinski definition) is 3. The zero-order valence-corrected chi connectivity index (χ0v) is 9.22. The number of hydrogen-bond donors (Lipinski definition) is 1. The van der Waals surface area contributed by atoms with E-state index in [-0.39, 0.29) is 0 Å². The van der Waals surface area contributed by atoms with Crippen LogP contribution in [0.15, 0.2) is 30.5 Å². The van der Waals surface area contributed by atoms with Crippen molar-refractivity contribution in [1.29, 1.82) is 0 Å². The minimum atomic E-state index is 0.366. The predicted molar refractivity (Wildman–Crippen MR) is 61.0 cm³/mol. The standard InChI is InChI=1S/C12H14N4/c1-16-12(8-14-15-16)11-7-13-6-9-4-2-3-5-10(9)11/h2-5,8,11,13H,6-7H2,1H3. The van der Waals surface area contributed by atoms with E-state index in [1.54, 1.807) is 0 Å². The third-order valence-corrected chi connectivity index (χ3v) is 3.20. The van der Waals surface area contributed by atoms with Gasteiger partial charge in [-0.05, 0) is 11.1 Å². The molecule has 1 aromatic heterocycles. The number of aromatic nitrogens is 3. The van der Waals surface area contributed by atoms with Gasteiger partial charge in [0.2, 0.25) is 0 Å². The number of nitrogens with zero attached hydrogens (tertiary/aromatic N) is 3. The molecule has 16 heavy (non-hydrogen) atoms. The van der Waals surface area contributed by atoms with Gasteiger partial charge in [-0.15, -0.1) is 5.10 Å². The van der Waals surface area contributed by atoms with Crippen molar-refractivity contribution >= 4 is 0 Å². The lowest BCUT2D eigenvalue weighted by Crippen LogP contribution is -2.29. The van der Waals surface area contributed by atoms with Gasteiger partial charge in [0, 0.05) is 26.1 Å². The Bertz CT molecular complexity index is 503. The number of aryl methyl sites for hydroxylation is 1. The highest BCUT2D eigenvalue weighted by Crippen LogP contribution is 2.28. The van der Waals surface area contributed by atoms with Crippen molar-refractivity contribution in [3.8, 4) is 0 Å². The van der Waals surface area contributed by atoms with Crippen molar-refractivity contribution in [2.45, 2.75) is 12.5 Å². The molecule has 0 spiro atoms. The summed E-state index contributed by atoms with van der Waals surface area (Å²) in [7, 11) is 1.94. The minimum absolute atomic E-state index is 0.366. The van der Waals surface area contributed by atoms with E-state index < -0.39 is 0 Å². The SMILES string of the molecule is Cn1nncc1C1CNCc2ccccc21. The van der Waals surface area contributed by atoms with E-state index in [9.17, 15) is 0 Å². The number of rotatable bonds is 1. The maximum Gasteiger partial charge on any atom is 0.0731 e. The van der Waals surface area contributed by atoms with Crippen LogP contribution in [0.4, 0.5) is 0 Å². The minimum Gasteiger partial charge on any atom is -0.312 e. The Hall–Kier alpha value is -1.68. The van der Waals surface area contributed by atoms with Crippen LogP contribution in [0.3, 0.4) is 0 Å². The molecule has 0 saturated heterocycles. The molecule has 0 saturated carbocycles. The van der Waals surface area contributed by atoms with Crippen LogP contribution < -0.4 is 5.32 Å². The highest BCUT2D eigenvalue weighted by atomic mass is 15.4. The van der Waals surface area contributed by atoms with E-state index in [0.29, 0.717) is 5.92 Å². The summed E-state index contributed by atoms with van der Waals surface area (Å²) in [5, 5.41) is 11.4. The molecular weight excluding hydrogens is 200 g/mol. The van der Waals surface area contributed by atoms with Crippen molar-refractivity contribution in [3.05, 3.63) is 47.3 Å². The first-order valence-electron chi connectivity index (χ1n) is 5.49. The average Bonchev–Trinajstić information content (AvgIpc) is 2.75. The molecule has 1 unspecified atom stereocenters.